The molecule has 154 valence electrons. The van der Waals surface area contributed by atoms with Gasteiger partial charge in [-0.2, -0.15) is 0 Å². The van der Waals surface area contributed by atoms with E-state index < -0.39 is 12.2 Å². The molecule has 1 amide bonds. The van der Waals surface area contributed by atoms with Gasteiger partial charge in [-0.25, -0.2) is 4.39 Å². The van der Waals surface area contributed by atoms with Crippen LogP contribution < -0.4 is 10.1 Å². The van der Waals surface area contributed by atoms with Gasteiger partial charge < -0.3 is 15.2 Å². The van der Waals surface area contributed by atoms with Crippen LogP contribution in [0.1, 0.15) is 36.0 Å². The molecule has 2 fully saturated rings. The number of amides is 1. The maximum Gasteiger partial charge on any atom is 0.251 e. The number of para-hydroxylation sites is 1. The number of nitrogens with zero attached hydrogens (tertiary/aromatic N) is 1. The first-order valence-electron chi connectivity index (χ1n) is 10.3. The maximum absolute atomic E-state index is 13.2. The molecule has 0 radical (unpaired) electrons. The second-order valence-corrected chi connectivity index (χ2v) is 7.87. The number of carbonyl (C=O) groups excluding carboxylic acids is 1. The molecule has 0 bridgehead atoms. The molecule has 0 aromatic heterocycles. The highest BCUT2D eigenvalue weighted by Gasteiger charge is 2.47. The van der Waals surface area contributed by atoms with Crippen molar-refractivity contribution in [2.75, 3.05) is 13.1 Å². The summed E-state index contributed by atoms with van der Waals surface area (Å²) in [6.45, 7) is 1.81. The second kappa shape index (κ2) is 8.93. The van der Waals surface area contributed by atoms with Crippen molar-refractivity contribution in [1.29, 1.82) is 0 Å². The van der Waals surface area contributed by atoms with E-state index in [1.807, 2.05) is 30.3 Å². The first kappa shape index (κ1) is 19.9. The lowest BCUT2D eigenvalue weighted by Gasteiger charge is -2.37. The predicted molar refractivity (Wildman–Crippen MR) is 108 cm³/mol. The van der Waals surface area contributed by atoms with Crippen molar-refractivity contribution in [3.8, 4) is 5.75 Å². The Morgan fingerprint density at radius 3 is 2.41 bits per heavy atom. The summed E-state index contributed by atoms with van der Waals surface area (Å²) in [5.41, 5.74) is 0.408. The number of hydrogen-bond donors (Lipinski definition) is 2. The lowest BCUT2D eigenvalue weighted by atomic mass is 10.0. The average molecular weight is 398 g/mol. The van der Waals surface area contributed by atoms with Gasteiger partial charge in [0.2, 0.25) is 0 Å². The molecule has 0 spiro atoms. The van der Waals surface area contributed by atoms with Gasteiger partial charge in [0.25, 0.3) is 5.91 Å². The summed E-state index contributed by atoms with van der Waals surface area (Å²) in [5.74, 6) is 0.0735. The van der Waals surface area contributed by atoms with Crippen LogP contribution in [0.15, 0.2) is 54.6 Å². The Balaban J connectivity index is 1.51. The number of aliphatic hydroxyl groups excluding tert-OH is 1. The number of halogens is 1. The van der Waals surface area contributed by atoms with Crippen molar-refractivity contribution in [1.82, 2.24) is 10.2 Å². The zero-order valence-corrected chi connectivity index (χ0v) is 16.3. The normalized spacial score (nSPS) is 27.5. The molecule has 0 unspecified atom stereocenters. The maximum atomic E-state index is 13.2. The van der Waals surface area contributed by atoms with Crippen LogP contribution in [-0.2, 0) is 0 Å². The molecule has 29 heavy (non-hydrogen) atoms. The number of nitrogens with one attached hydrogen (secondary N) is 1. The topological polar surface area (TPSA) is 61.8 Å². The summed E-state index contributed by atoms with van der Waals surface area (Å²) >= 11 is 0. The lowest BCUT2D eigenvalue weighted by molar-refractivity contribution is 0.00146. The fourth-order valence-electron chi connectivity index (χ4n) is 4.46. The minimum absolute atomic E-state index is 0.201. The van der Waals surface area contributed by atoms with E-state index in [-0.39, 0.29) is 23.8 Å². The zero-order valence-electron chi connectivity index (χ0n) is 16.3. The van der Waals surface area contributed by atoms with Crippen molar-refractivity contribution < 1.29 is 19.0 Å². The molecule has 2 aromatic carbocycles. The molecule has 2 aliphatic rings. The van der Waals surface area contributed by atoms with Gasteiger partial charge in [0.15, 0.2) is 0 Å². The standard InChI is InChI=1S/C23H27FN2O3/c24-17-11-9-16(10-12-17)23(28)25-19-15-20(29-18-7-3-1-4-8-18)22(27)21(19)26-13-5-2-6-14-26/h1,3-4,7-12,19-22,27H,2,5-6,13-15H2,(H,25,28)/t19-,20-,21+,22+/m1/s1. The van der Waals surface area contributed by atoms with Crippen LogP contribution in [-0.4, -0.2) is 53.3 Å². The third-order valence-corrected chi connectivity index (χ3v) is 5.90. The van der Waals surface area contributed by atoms with E-state index in [0.717, 1.165) is 25.9 Å². The number of ether oxygens (including phenoxy) is 1. The number of benzene rings is 2. The molecule has 4 rings (SSSR count). The molecule has 1 aliphatic heterocycles. The smallest absolute Gasteiger partial charge is 0.251 e. The average Bonchev–Trinajstić information content (AvgIpc) is 3.04. The van der Waals surface area contributed by atoms with E-state index in [9.17, 15) is 14.3 Å². The Labute approximate surface area is 170 Å². The lowest BCUT2D eigenvalue weighted by Crippen LogP contribution is -2.54. The first-order valence-corrected chi connectivity index (χ1v) is 10.3. The molecule has 4 atom stereocenters. The van der Waals surface area contributed by atoms with Gasteiger partial charge in [-0.05, 0) is 62.3 Å². The molecule has 6 heteroatoms. The van der Waals surface area contributed by atoms with Gasteiger partial charge in [0.05, 0.1) is 12.1 Å². The van der Waals surface area contributed by atoms with Crippen LogP contribution in [0.2, 0.25) is 0 Å². The predicted octanol–water partition coefficient (Wildman–Crippen LogP) is 2.99. The Morgan fingerprint density at radius 2 is 1.72 bits per heavy atom. The highest BCUT2D eigenvalue weighted by atomic mass is 19.1. The van der Waals surface area contributed by atoms with E-state index in [4.69, 9.17) is 4.74 Å². The molecular formula is C23H27FN2O3. The van der Waals surface area contributed by atoms with Crippen molar-refractivity contribution in [2.45, 2.75) is 50.0 Å². The van der Waals surface area contributed by atoms with Gasteiger partial charge in [0.1, 0.15) is 23.8 Å². The van der Waals surface area contributed by atoms with Crippen LogP contribution in [0.3, 0.4) is 0 Å². The van der Waals surface area contributed by atoms with Crippen LogP contribution in [0.25, 0.3) is 0 Å². The van der Waals surface area contributed by atoms with E-state index in [1.165, 1.54) is 30.7 Å². The van der Waals surface area contributed by atoms with E-state index >= 15 is 0 Å². The molecular weight excluding hydrogens is 371 g/mol. The molecule has 2 N–H and O–H groups in total. The van der Waals surface area contributed by atoms with Gasteiger partial charge in [-0.15, -0.1) is 0 Å². The zero-order chi connectivity index (χ0) is 20.2. The Kier molecular flexibility index (Phi) is 6.11. The fourth-order valence-corrected chi connectivity index (χ4v) is 4.46. The number of hydrogen-bond acceptors (Lipinski definition) is 4. The Hall–Kier alpha value is -2.44. The summed E-state index contributed by atoms with van der Waals surface area (Å²) in [4.78, 5) is 15.0. The molecule has 5 nitrogen and oxygen atoms in total. The molecule has 1 aliphatic carbocycles. The van der Waals surface area contributed by atoms with Crippen LogP contribution in [0.5, 0.6) is 5.75 Å². The third kappa shape index (κ3) is 4.60. The molecule has 1 heterocycles. The monoisotopic (exact) mass is 398 g/mol. The van der Waals surface area contributed by atoms with Crippen LogP contribution in [0.4, 0.5) is 4.39 Å². The second-order valence-electron chi connectivity index (χ2n) is 7.87. The molecule has 1 saturated carbocycles. The number of rotatable bonds is 5. The summed E-state index contributed by atoms with van der Waals surface area (Å²) in [6, 6.07) is 14.5. The van der Waals surface area contributed by atoms with Gasteiger partial charge in [0, 0.05) is 12.0 Å². The molecule has 1 saturated heterocycles. The SMILES string of the molecule is O=C(N[C@@H]1C[C@@H](Oc2ccccc2)[C@H](O)[C@H]1N1CCCCC1)c1ccc(F)cc1. The summed E-state index contributed by atoms with van der Waals surface area (Å²) in [7, 11) is 0. The third-order valence-electron chi connectivity index (χ3n) is 5.90. The summed E-state index contributed by atoms with van der Waals surface area (Å²) in [6.07, 6.45) is 2.78. The Bertz CT molecular complexity index is 809. The van der Waals surface area contributed by atoms with Gasteiger partial charge in [-0.1, -0.05) is 24.6 Å². The van der Waals surface area contributed by atoms with E-state index in [2.05, 4.69) is 10.2 Å². The van der Waals surface area contributed by atoms with Crippen LogP contribution >= 0.6 is 0 Å². The van der Waals surface area contributed by atoms with Crippen molar-refractivity contribution >= 4 is 5.91 Å². The number of likely N-dealkylation sites (tertiary alicyclic amines) is 1. The highest BCUT2D eigenvalue weighted by Crippen LogP contribution is 2.31. The summed E-state index contributed by atoms with van der Waals surface area (Å²) < 4.78 is 19.2. The van der Waals surface area contributed by atoms with Crippen molar-refractivity contribution in [2.24, 2.45) is 0 Å². The minimum atomic E-state index is -0.702. The van der Waals surface area contributed by atoms with E-state index in [0.29, 0.717) is 17.7 Å². The summed E-state index contributed by atoms with van der Waals surface area (Å²) in [5, 5.41) is 14.2. The number of carbonyl (C=O) groups is 1. The number of piperidine rings is 1. The van der Waals surface area contributed by atoms with Crippen molar-refractivity contribution in [3.63, 3.8) is 0 Å². The molecule has 2 aromatic rings. The number of aliphatic hydroxyl groups is 1. The minimum Gasteiger partial charge on any atom is -0.488 e. The van der Waals surface area contributed by atoms with Crippen LogP contribution in [0, 0.1) is 5.82 Å². The Morgan fingerprint density at radius 1 is 1.03 bits per heavy atom. The highest BCUT2D eigenvalue weighted by molar-refractivity contribution is 5.94. The van der Waals surface area contributed by atoms with E-state index in [1.54, 1.807) is 0 Å². The van der Waals surface area contributed by atoms with Crippen molar-refractivity contribution in [3.05, 3.63) is 66.0 Å². The first-order chi connectivity index (χ1) is 14.1. The van der Waals surface area contributed by atoms with Gasteiger partial charge >= 0.3 is 0 Å². The quantitative estimate of drug-likeness (QED) is 0.813. The largest absolute Gasteiger partial charge is 0.488 e. The van der Waals surface area contributed by atoms with Gasteiger partial charge in [-0.3, -0.25) is 9.69 Å². The fraction of sp³-hybridized carbons (Fsp3) is 0.435.